The summed E-state index contributed by atoms with van der Waals surface area (Å²) in [7, 11) is 0. The van der Waals surface area contributed by atoms with Crippen LogP contribution in [-0.2, 0) is 17.6 Å². The van der Waals surface area contributed by atoms with E-state index >= 15 is 0 Å². The van der Waals surface area contributed by atoms with Gasteiger partial charge in [0.05, 0.1) is 6.42 Å². The summed E-state index contributed by atoms with van der Waals surface area (Å²) in [6, 6.07) is 25.7. The van der Waals surface area contributed by atoms with Gasteiger partial charge in [-0.3, -0.25) is 4.79 Å². The topological polar surface area (TPSA) is 38.3 Å². The minimum atomic E-state index is 0.0360. The number of benzene rings is 3. The molecule has 0 atom stereocenters. The zero-order valence-electron chi connectivity index (χ0n) is 14.9. The van der Waals surface area contributed by atoms with Crippen molar-refractivity contribution in [2.45, 2.75) is 19.8 Å². The Balaban J connectivity index is 1.44. The molecule has 0 radical (unpaired) electrons. The average molecular weight is 345 g/mol. The maximum absolute atomic E-state index is 12.1. The molecule has 3 heteroatoms. The van der Waals surface area contributed by atoms with Crippen LogP contribution in [-0.4, -0.2) is 12.5 Å². The molecule has 0 unspecified atom stereocenters. The van der Waals surface area contributed by atoms with Gasteiger partial charge in [0, 0.05) is 6.54 Å². The molecular formula is C23H23NO2. The zero-order valence-corrected chi connectivity index (χ0v) is 14.9. The molecule has 0 aliphatic heterocycles. The molecule has 0 heterocycles. The van der Waals surface area contributed by atoms with E-state index in [-0.39, 0.29) is 5.91 Å². The lowest BCUT2D eigenvalue weighted by molar-refractivity contribution is -0.120. The van der Waals surface area contributed by atoms with Crippen LogP contribution >= 0.6 is 0 Å². The van der Waals surface area contributed by atoms with Crippen LogP contribution in [0.15, 0.2) is 78.9 Å². The van der Waals surface area contributed by atoms with E-state index in [2.05, 4.69) is 36.5 Å². The van der Waals surface area contributed by atoms with Crippen molar-refractivity contribution in [3.05, 3.63) is 95.6 Å². The number of hydrogen-bond donors (Lipinski definition) is 1. The highest BCUT2D eigenvalue weighted by atomic mass is 16.5. The Morgan fingerprint density at radius 1 is 0.808 bits per heavy atom. The number of nitrogens with one attached hydrogen (secondary N) is 1. The maximum Gasteiger partial charge on any atom is 0.224 e. The molecule has 0 bridgehead atoms. The SMILES string of the molecule is Cc1ccc(CCNC(=O)Cc2ccc(Oc3ccccc3)cc2)cc1. The Bertz CT molecular complexity index is 824. The number of carbonyl (C=O) groups excluding carboxylic acids is 1. The van der Waals surface area contributed by atoms with E-state index < -0.39 is 0 Å². The summed E-state index contributed by atoms with van der Waals surface area (Å²) >= 11 is 0. The third-order valence-electron chi connectivity index (χ3n) is 4.12. The van der Waals surface area contributed by atoms with Crippen LogP contribution in [0.5, 0.6) is 11.5 Å². The van der Waals surface area contributed by atoms with Crippen molar-refractivity contribution < 1.29 is 9.53 Å². The van der Waals surface area contributed by atoms with Crippen molar-refractivity contribution in [1.29, 1.82) is 0 Å². The Labute approximate surface area is 154 Å². The molecule has 26 heavy (non-hydrogen) atoms. The summed E-state index contributed by atoms with van der Waals surface area (Å²) in [5.41, 5.74) is 3.45. The third-order valence-corrected chi connectivity index (χ3v) is 4.12. The fourth-order valence-electron chi connectivity index (χ4n) is 2.65. The van der Waals surface area contributed by atoms with Gasteiger partial charge in [-0.15, -0.1) is 0 Å². The average Bonchev–Trinajstić information content (AvgIpc) is 2.66. The minimum Gasteiger partial charge on any atom is -0.457 e. The Morgan fingerprint density at radius 3 is 2.12 bits per heavy atom. The first kappa shape index (κ1) is 17.7. The molecule has 3 rings (SSSR count). The van der Waals surface area contributed by atoms with E-state index in [1.807, 2.05) is 54.6 Å². The van der Waals surface area contributed by atoms with Gasteiger partial charge in [0.15, 0.2) is 0 Å². The van der Waals surface area contributed by atoms with Crippen molar-refractivity contribution in [2.75, 3.05) is 6.54 Å². The van der Waals surface area contributed by atoms with Crippen LogP contribution in [0.2, 0.25) is 0 Å². The van der Waals surface area contributed by atoms with Crippen molar-refractivity contribution in [1.82, 2.24) is 5.32 Å². The summed E-state index contributed by atoms with van der Waals surface area (Å²) in [6.45, 7) is 2.72. The first-order valence-electron chi connectivity index (χ1n) is 8.83. The fourth-order valence-corrected chi connectivity index (χ4v) is 2.65. The molecule has 132 valence electrons. The molecule has 0 spiro atoms. The van der Waals surface area contributed by atoms with E-state index in [1.165, 1.54) is 11.1 Å². The van der Waals surface area contributed by atoms with Crippen LogP contribution in [0.3, 0.4) is 0 Å². The van der Waals surface area contributed by atoms with Crippen molar-refractivity contribution >= 4 is 5.91 Å². The van der Waals surface area contributed by atoms with Gasteiger partial charge >= 0.3 is 0 Å². The Kier molecular flexibility index (Phi) is 6.05. The normalized spacial score (nSPS) is 10.3. The predicted molar refractivity (Wildman–Crippen MR) is 105 cm³/mol. The molecule has 3 aromatic rings. The summed E-state index contributed by atoms with van der Waals surface area (Å²) in [6.07, 6.45) is 1.22. The molecule has 0 aliphatic rings. The zero-order chi connectivity index (χ0) is 18.2. The number of aryl methyl sites for hydroxylation is 1. The predicted octanol–water partition coefficient (Wildman–Crippen LogP) is 4.69. The molecule has 0 aromatic heterocycles. The molecule has 0 fully saturated rings. The molecule has 1 N–H and O–H groups in total. The molecule has 3 nitrogen and oxygen atoms in total. The summed E-state index contributed by atoms with van der Waals surface area (Å²) < 4.78 is 5.76. The second-order valence-electron chi connectivity index (χ2n) is 6.32. The Morgan fingerprint density at radius 2 is 1.42 bits per heavy atom. The summed E-state index contributed by atoms with van der Waals surface area (Å²) in [5, 5.41) is 2.98. The number of carbonyl (C=O) groups is 1. The molecule has 0 aliphatic carbocycles. The smallest absolute Gasteiger partial charge is 0.224 e. The molecule has 0 saturated heterocycles. The second-order valence-corrected chi connectivity index (χ2v) is 6.32. The van der Waals surface area contributed by atoms with E-state index in [1.54, 1.807) is 0 Å². The first-order valence-corrected chi connectivity index (χ1v) is 8.83. The van der Waals surface area contributed by atoms with E-state index in [0.717, 1.165) is 23.5 Å². The van der Waals surface area contributed by atoms with Crippen LogP contribution in [0, 0.1) is 6.92 Å². The van der Waals surface area contributed by atoms with Crippen molar-refractivity contribution in [3.63, 3.8) is 0 Å². The van der Waals surface area contributed by atoms with Crippen LogP contribution in [0.4, 0.5) is 0 Å². The molecule has 3 aromatic carbocycles. The fraction of sp³-hybridized carbons (Fsp3) is 0.174. The number of amides is 1. The number of ether oxygens (including phenoxy) is 1. The van der Waals surface area contributed by atoms with Crippen LogP contribution in [0.25, 0.3) is 0 Å². The van der Waals surface area contributed by atoms with E-state index in [4.69, 9.17) is 4.74 Å². The minimum absolute atomic E-state index is 0.0360. The standard InChI is InChI=1S/C23H23NO2/c1-18-7-9-19(10-8-18)15-16-24-23(25)17-20-11-13-22(14-12-20)26-21-5-3-2-4-6-21/h2-14H,15-17H2,1H3,(H,24,25). The molecule has 1 amide bonds. The van der Waals surface area contributed by atoms with Gasteiger partial charge in [0.2, 0.25) is 5.91 Å². The molecule has 0 saturated carbocycles. The van der Waals surface area contributed by atoms with Gasteiger partial charge < -0.3 is 10.1 Å². The Hall–Kier alpha value is -3.07. The third kappa shape index (κ3) is 5.49. The van der Waals surface area contributed by atoms with Gasteiger partial charge in [-0.1, -0.05) is 60.2 Å². The quantitative estimate of drug-likeness (QED) is 0.675. The number of hydrogen-bond acceptors (Lipinski definition) is 2. The largest absolute Gasteiger partial charge is 0.457 e. The van der Waals surface area contributed by atoms with Crippen molar-refractivity contribution in [2.24, 2.45) is 0 Å². The summed E-state index contributed by atoms with van der Waals surface area (Å²) in [4.78, 5) is 12.1. The number of para-hydroxylation sites is 1. The van der Waals surface area contributed by atoms with Crippen LogP contribution < -0.4 is 10.1 Å². The summed E-state index contributed by atoms with van der Waals surface area (Å²) in [5.74, 6) is 1.60. The highest BCUT2D eigenvalue weighted by Gasteiger charge is 2.04. The monoisotopic (exact) mass is 345 g/mol. The van der Waals surface area contributed by atoms with Crippen molar-refractivity contribution in [3.8, 4) is 11.5 Å². The highest BCUT2D eigenvalue weighted by Crippen LogP contribution is 2.21. The number of rotatable bonds is 7. The lowest BCUT2D eigenvalue weighted by atomic mass is 10.1. The van der Waals surface area contributed by atoms with E-state index in [0.29, 0.717) is 13.0 Å². The van der Waals surface area contributed by atoms with Gasteiger partial charge in [0.25, 0.3) is 0 Å². The van der Waals surface area contributed by atoms with Gasteiger partial charge in [-0.2, -0.15) is 0 Å². The van der Waals surface area contributed by atoms with Crippen LogP contribution in [0.1, 0.15) is 16.7 Å². The first-order chi connectivity index (χ1) is 12.7. The van der Waals surface area contributed by atoms with E-state index in [9.17, 15) is 4.79 Å². The van der Waals surface area contributed by atoms with Gasteiger partial charge in [0.1, 0.15) is 11.5 Å². The van der Waals surface area contributed by atoms with Gasteiger partial charge in [-0.05, 0) is 48.7 Å². The lowest BCUT2D eigenvalue weighted by Crippen LogP contribution is -2.27. The maximum atomic E-state index is 12.1. The lowest BCUT2D eigenvalue weighted by Gasteiger charge is -2.08. The van der Waals surface area contributed by atoms with Gasteiger partial charge in [-0.25, -0.2) is 0 Å². The second kappa shape index (κ2) is 8.86. The molecular weight excluding hydrogens is 322 g/mol. The highest BCUT2D eigenvalue weighted by molar-refractivity contribution is 5.78.